The van der Waals surface area contributed by atoms with Crippen molar-refractivity contribution in [3.63, 3.8) is 0 Å². The molecule has 0 aromatic heterocycles. The minimum Gasteiger partial charge on any atom is -0.497 e. The molecule has 1 aliphatic rings. The number of hydrogen-bond acceptors (Lipinski definition) is 4. The molecule has 0 spiro atoms. The third kappa shape index (κ3) is 4.61. The van der Waals surface area contributed by atoms with Crippen LogP contribution in [0.1, 0.15) is 19.8 Å². The molecule has 2 rings (SSSR count). The topological polar surface area (TPSA) is 41.6 Å². The number of amides is 1. The molecule has 0 saturated carbocycles. The van der Waals surface area contributed by atoms with E-state index in [1.54, 1.807) is 7.11 Å². The van der Waals surface area contributed by atoms with E-state index >= 15 is 0 Å². The lowest BCUT2D eigenvalue weighted by atomic mass is 10.3. The van der Waals surface area contributed by atoms with Crippen LogP contribution in [0.5, 0.6) is 5.75 Å². The Hall–Kier alpha value is -1.27. The summed E-state index contributed by atoms with van der Waals surface area (Å²) >= 11 is 6.85. The van der Waals surface area contributed by atoms with E-state index in [1.807, 2.05) is 31.2 Å². The fourth-order valence-electron chi connectivity index (χ4n) is 2.10. The van der Waals surface area contributed by atoms with E-state index in [9.17, 15) is 4.79 Å². The lowest BCUT2D eigenvalue weighted by Gasteiger charge is -2.20. The van der Waals surface area contributed by atoms with Crippen molar-refractivity contribution in [3.05, 3.63) is 24.3 Å². The third-order valence-electron chi connectivity index (χ3n) is 3.37. The van der Waals surface area contributed by atoms with Gasteiger partial charge in [0.15, 0.2) is 0 Å². The Morgan fingerprint density at radius 1 is 1.33 bits per heavy atom. The predicted octanol–water partition coefficient (Wildman–Crippen LogP) is 3.14. The van der Waals surface area contributed by atoms with Gasteiger partial charge in [0.25, 0.3) is 0 Å². The summed E-state index contributed by atoms with van der Waals surface area (Å²) in [5, 5.41) is 2.69. The van der Waals surface area contributed by atoms with Gasteiger partial charge in [-0.05, 0) is 44.0 Å². The second-order valence-corrected chi connectivity index (χ2v) is 6.91. The fourth-order valence-corrected chi connectivity index (χ4v) is 3.51. The zero-order valence-corrected chi connectivity index (χ0v) is 13.9. The van der Waals surface area contributed by atoms with Crippen LogP contribution in [0.15, 0.2) is 24.3 Å². The molecule has 0 radical (unpaired) electrons. The van der Waals surface area contributed by atoms with Crippen LogP contribution in [0.2, 0.25) is 0 Å². The highest BCUT2D eigenvalue weighted by atomic mass is 32.2. The van der Waals surface area contributed by atoms with Gasteiger partial charge in [-0.25, -0.2) is 0 Å². The van der Waals surface area contributed by atoms with Gasteiger partial charge in [0.1, 0.15) is 10.1 Å². The molecule has 114 valence electrons. The van der Waals surface area contributed by atoms with Gasteiger partial charge < -0.3 is 15.0 Å². The first kappa shape index (κ1) is 16.1. The summed E-state index contributed by atoms with van der Waals surface area (Å²) < 4.78 is 5.92. The largest absolute Gasteiger partial charge is 0.497 e. The average molecular weight is 324 g/mol. The summed E-state index contributed by atoms with van der Waals surface area (Å²) in [5.41, 5.74) is 0.764. The molecule has 1 heterocycles. The molecule has 21 heavy (non-hydrogen) atoms. The zero-order chi connectivity index (χ0) is 15.2. The van der Waals surface area contributed by atoms with Crippen molar-refractivity contribution >= 4 is 39.9 Å². The van der Waals surface area contributed by atoms with E-state index in [4.69, 9.17) is 17.0 Å². The van der Waals surface area contributed by atoms with E-state index in [0.717, 1.165) is 28.8 Å². The summed E-state index contributed by atoms with van der Waals surface area (Å²) in [7, 11) is 1.62. The predicted molar refractivity (Wildman–Crippen MR) is 92.1 cm³/mol. The van der Waals surface area contributed by atoms with Crippen LogP contribution in [-0.4, -0.2) is 40.6 Å². The van der Waals surface area contributed by atoms with Crippen LogP contribution in [0.25, 0.3) is 0 Å². The highest BCUT2D eigenvalue weighted by Gasteiger charge is 2.21. The minimum absolute atomic E-state index is 0.0355. The molecule has 1 N–H and O–H groups in total. The molecule has 1 aromatic carbocycles. The van der Waals surface area contributed by atoms with Crippen LogP contribution in [0.4, 0.5) is 5.69 Å². The molecule has 1 atom stereocenters. The third-order valence-corrected chi connectivity index (χ3v) is 4.94. The number of hydrogen-bond donors (Lipinski definition) is 1. The normalized spacial score (nSPS) is 15.6. The number of carbonyl (C=O) groups excluding carboxylic acids is 1. The molecule has 4 nitrogen and oxygen atoms in total. The fraction of sp³-hybridized carbons (Fsp3) is 0.467. The molecule has 0 bridgehead atoms. The van der Waals surface area contributed by atoms with Gasteiger partial charge in [0.2, 0.25) is 5.91 Å². The summed E-state index contributed by atoms with van der Waals surface area (Å²) in [5.74, 6) is 0.734. The first-order chi connectivity index (χ1) is 10.1. The van der Waals surface area contributed by atoms with Gasteiger partial charge in [-0.2, -0.15) is 0 Å². The quantitative estimate of drug-likeness (QED) is 0.862. The lowest BCUT2D eigenvalue weighted by molar-refractivity contribution is -0.115. The Morgan fingerprint density at radius 3 is 2.52 bits per heavy atom. The number of nitrogens with zero attached hydrogens (tertiary/aromatic N) is 1. The summed E-state index contributed by atoms with van der Waals surface area (Å²) in [6.07, 6.45) is 2.38. The number of anilines is 1. The summed E-state index contributed by atoms with van der Waals surface area (Å²) in [4.78, 5) is 14.4. The highest BCUT2D eigenvalue weighted by Crippen LogP contribution is 2.22. The molecule has 6 heteroatoms. The molecular formula is C15H20N2O2S2. The van der Waals surface area contributed by atoms with Gasteiger partial charge in [-0.1, -0.05) is 24.0 Å². The number of benzene rings is 1. The van der Waals surface area contributed by atoms with Crippen LogP contribution < -0.4 is 10.1 Å². The van der Waals surface area contributed by atoms with Gasteiger partial charge in [0.05, 0.1) is 12.4 Å². The Labute approximate surface area is 135 Å². The second kappa shape index (κ2) is 7.66. The van der Waals surface area contributed by atoms with Crippen molar-refractivity contribution in [3.8, 4) is 5.75 Å². The first-order valence-electron chi connectivity index (χ1n) is 7.00. The standard InChI is InChI=1S/C15H20N2O2S2/c1-11(21-15(20)17-9-3-4-10-17)14(18)16-12-5-7-13(19-2)8-6-12/h5-8,11H,3-4,9-10H2,1-2H3,(H,16,18)/t11-/m0/s1. The van der Waals surface area contributed by atoms with Crippen molar-refractivity contribution in [1.29, 1.82) is 0 Å². The Morgan fingerprint density at radius 2 is 1.95 bits per heavy atom. The number of ether oxygens (including phenoxy) is 1. The number of rotatable bonds is 4. The zero-order valence-electron chi connectivity index (χ0n) is 12.3. The summed E-state index contributed by atoms with van der Waals surface area (Å²) in [6.45, 7) is 3.91. The second-order valence-electron chi connectivity index (χ2n) is 4.94. The highest BCUT2D eigenvalue weighted by molar-refractivity contribution is 8.23. The first-order valence-corrected chi connectivity index (χ1v) is 8.29. The maximum absolute atomic E-state index is 12.2. The van der Waals surface area contributed by atoms with Crippen molar-refractivity contribution in [2.24, 2.45) is 0 Å². The molecule has 1 aromatic rings. The average Bonchev–Trinajstić information content (AvgIpc) is 3.02. The van der Waals surface area contributed by atoms with Gasteiger partial charge in [-0.3, -0.25) is 4.79 Å². The van der Waals surface area contributed by atoms with Crippen molar-refractivity contribution in [1.82, 2.24) is 4.90 Å². The van der Waals surface area contributed by atoms with Gasteiger partial charge in [-0.15, -0.1) is 0 Å². The number of thioether (sulfide) groups is 1. The van der Waals surface area contributed by atoms with E-state index in [0.29, 0.717) is 0 Å². The maximum Gasteiger partial charge on any atom is 0.237 e. The van der Waals surface area contributed by atoms with E-state index in [-0.39, 0.29) is 11.2 Å². The lowest BCUT2D eigenvalue weighted by Crippen LogP contribution is -2.29. The van der Waals surface area contributed by atoms with E-state index in [1.165, 1.54) is 24.6 Å². The van der Waals surface area contributed by atoms with Gasteiger partial charge in [0, 0.05) is 18.8 Å². The molecular weight excluding hydrogens is 304 g/mol. The molecule has 0 unspecified atom stereocenters. The van der Waals surface area contributed by atoms with Crippen LogP contribution >= 0.6 is 24.0 Å². The Kier molecular flexibility index (Phi) is 5.87. The van der Waals surface area contributed by atoms with Gasteiger partial charge >= 0.3 is 0 Å². The van der Waals surface area contributed by atoms with Crippen LogP contribution in [0.3, 0.4) is 0 Å². The molecule has 1 fully saturated rings. The smallest absolute Gasteiger partial charge is 0.237 e. The van der Waals surface area contributed by atoms with Crippen LogP contribution in [0, 0.1) is 0 Å². The number of likely N-dealkylation sites (tertiary alicyclic amines) is 1. The number of carbonyl (C=O) groups is 1. The molecule has 1 amide bonds. The number of methoxy groups -OCH3 is 1. The molecule has 1 aliphatic heterocycles. The van der Waals surface area contributed by atoms with Crippen LogP contribution in [-0.2, 0) is 4.79 Å². The monoisotopic (exact) mass is 324 g/mol. The molecule has 1 saturated heterocycles. The Balaban J connectivity index is 1.85. The summed E-state index contributed by atoms with van der Waals surface area (Å²) in [6, 6.07) is 7.30. The number of nitrogens with one attached hydrogen (secondary N) is 1. The number of thiocarbonyl (C=S) groups is 1. The maximum atomic E-state index is 12.2. The Bertz CT molecular complexity index is 499. The van der Waals surface area contributed by atoms with E-state index < -0.39 is 0 Å². The van der Waals surface area contributed by atoms with Crippen molar-refractivity contribution in [2.75, 3.05) is 25.5 Å². The van der Waals surface area contributed by atoms with Crippen molar-refractivity contribution < 1.29 is 9.53 Å². The minimum atomic E-state index is -0.208. The van der Waals surface area contributed by atoms with Crippen molar-refractivity contribution in [2.45, 2.75) is 25.0 Å². The molecule has 0 aliphatic carbocycles. The van der Waals surface area contributed by atoms with E-state index in [2.05, 4.69) is 10.2 Å². The SMILES string of the molecule is COc1ccc(NC(=O)[C@H](C)SC(=S)N2CCCC2)cc1.